The molecule has 0 amide bonds. The van der Waals surface area contributed by atoms with Gasteiger partial charge in [-0.3, -0.25) is 4.98 Å². The van der Waals surface area contributed by atoms with Gasteiger partial charge in [0.05, 0.1) is 11.9 Å². The van der Waals surface area contributed by atoms with Crippen LogP contribution < -0.4 is 10.2 Å². The SMILES string of the molecule is CCCN(c1cnccc1CNCC)C(C)C. The summed E-state index contributed by atoms with van der Waals surface area (Å²) >= 11 is 0. The molecule has 0 radical (unpaired) electrons. The molecule has 96 valence electrons. The van der Waals surface area contributed by atoms with Crippen molar-refractivity contribution >= 4 is 5.69 Å². The first-order valence-corrected chi connectivity index (χ1v) is 6.60. The van der Waals surface area contributed by atoms with Crippen LogP contribution in [0.25, 0.3) is 0 Å². The molecule has 1 heterocycles. The van der Waals surface area contributed by atoms with Crippen molar-refractivity contribution in [1.82, 2.24) is 10.3 Å². The molecular formula is C14H25N3. The Bertz CT molecular complexity index is 323. The Kier molecular flexibility index (Phi) is 5.98. The molecule has 3 nitrogen and oxygen atoms in total. The first kappa shape index (κ1) is 14.0. The molecule has 0 spiro atoms. The van der Waals surface area contributed by atoms with Gasteiger partial charge in [0.25, 0.3) is 0 Å². The number of hydrogen-bond donors (Lipinski definition) is 1. The number of rotatable bonds is 7. The second kappa shape index (κ2) is 7.28. The maximum atomic E-state index is 4.27. The fourth-order valence-corrected chi connectivity index (χ4v) is 1.98. The lowest BCUT2D eigenvalue weighted by molar-refractivity contribution is 0.657. The van der Waals surface area contributed by atoms with E-state index in [0.29, 0.717) is 6.04 Å². The fraction of sp³-hybridized carbons (Fsp3) is 0.643. The fourth-order valence-electron chi connectivity index (χ4n) is 1.98. The molecule has 17 heavy (non-hydrogen) atoms. The van der Waals surface area contributed by atoms with E-state index >= 15 is 0 Å². The van der Waals surface area contributed by atoms with E-state index in [1.54, 1.807) is 0 Å². The summed E-state index contributed by atoms with van der Waals surface area (Å²) in [5, 5.41) is 3.39. The Balaban J connectivity index is 2.92. The smallest absolute Gasteiger partial charge is 0.0600 e. The average Bonchev–Trinajstić information content (AvgIpc) is 2.33. The van der Waals surface area contributed by atoms with Crippen molar-refractivity contribution in [3.8, 4) is 0 Å². The summed E-state index contributed by atoms with van der Waals surface area (Å²) in [5.41, 5.74) is 2.61. The van der Waals surface area contributed by atoms with Crippen LogP contribution in [0.4, 0.5) is 5.69 Å². The van der Waals surface area contributed by atoms with Crippen molar-refractivity contribution in [1.29, 1.82) is 0 Å². The summed E-state index contributed by atoms with van der Waals surface area (Å²) in [7, 11) is 0. The molecule has 0 fully saturated rings. The molecule has 0 aromatic carbocycles. The van der Waals surface area contributed by atoms with Gasteiger partial charge in [-0.25, -0.2) is 0 Å². The third-order valence-electron chi connectivity index (χ3n) is 2.85. The van der Waals surface area contributed by atoms with Crippen molar-refractivity contribution in [2.45, 2.75) is 46.7 Å². The van der Waals surface area contributed by atoms with Gasteiger partial charge in [-0.15, -0.1) is 0 Å². The molecular weight excluding hydrogens is 210 g/mol. The van der Waals surface area contributed by atoms with Gasteiger partial charge in [-0.1, -0.05) is 13.8 Å². The number of anilines is 1. The van der Waals surface area contributed by atoms with E-state index in [1.807, 2.05) is 12.4 Å². The zero-order valence-electron chi connectivity index (χ0n) is 11.5. The Morgan fingerprint density at radius 2 is 2.12 bits per heavy atom. The van der Waals surface area contributed by atoms with Gasteiger partial charge in [-0.2, -0.15) is 0 Å². The van der Waals surface area contributed by atoms with Crippen molar-refractivity contribution in [3.63, 3.8) is 0 Å². The van der Waals surface area contributed by atoms with Crippen LogP contribution >= 0.6 is 0 Å². The number of nitrogens with one attached hydrogen (secondary N) is 1. The first-order valence-electron chi connectivity index (χ1n) is 6.60. The largest absolute Gasteiger partial charge is 0.368 e. The van der Waals surface area contributed by atoms with E-state index in [4.69, 9.17) is 0 Å². The predicted octanol–water partition coefficient (Wildman–Crippen LogP) is 2.82. The molecule has 1 N–H and O–H groups in total. The lowest BCUT2D eigenvalue weighted by Gasteiger charge is -2.30. The molecule has 1 aromatic rings. The molecule has 0 atom stereocenters. The van der Waals surface area contributed by atoms with Crippen molar-refractivity contribution in [2.75, 3.05) is 18.0 Å². The average molecular weight is 235 g/mol. The minimum absolute atomic E-state index is 0.513. The van der Waals surface area contributed by atoms with E-state index in [1.165, 1.54) is 11.3 Å². The van der Waals surface area contributed by atoms with Crippen LogP contribution in [0.15, 0.2) is 18.5 Å². The Hall–Kier alpha value is -1.09. The number of aromatic nitrogens is 1. The highest BCUT2D eigenvalue weighted by atomic mass is 15.2. The summed E-state index contributed by atoms with van der Waals surface area (Å²) in [6.45, 7) is 11.8. The molecule has 0 bridgehead atoms. The van der Waals surface area contributed by atoms with E-state index in [2.05, 4.69) is 49.0 Å². The molecule has 1 rings (SSSR count). The Morgan fingerprint density at radius 3 is 2.71 bits per heavy atom. The van der Waals surface area contributed by atoms with E-state index in [0.717, 1.165) is 26.1 Å². The van der Waals surface area contributed by atoms with E-state index < -0.39 is 0 Å². The molecule has 0 saturated carbocycles. The van der Waals surface area contributed by atoms with Crippen LogP contribution in [-0.4, -0.2) is 24.1 Å². The zero-order valence-corrected chi connectivity index (χ0v) is 11.5. The highest BCUT2D eigenvalue weighted by Crippen LogP contribution is 2.21. The molecule has 3 heteroatoms. The van der Waals surface area contributed by atoms with Crippen molar-refractivity contribution < 1.29 is 0 Å². The minimum Gasteiger partial charge on any atom is -0.368 e. The monoisotopic (exact) mass is 235 g/mol. The number of nitrogens with zero attached hydrogens (tertiary/aromatic N) is 2. The highest BCUT2D eigenvalue weighted by molar-refractivity contribution is 5.52. The lowest BCUT2D eigenvalue weighted by atomic mass is 10.1. The van der Waals surface area contributed by atoms with E-state index in [-0.39, 0.29) is 0 Å². The molecule has 0 unspecified atom stereocenters. The van der Waals surface area contributed by atoms with Gasteiger partial charge in [0.15, 0.2) is 0 Å². The van der Waals surface area contributed by atoms with Crippen LogP contribution in [0.2, 0.25) is 0 Å². The van der Waals surface area contributed by atoms with Crippen LogP contribution in [0, 0.1) is 0 Å². The van der Waals surface area contributed by atoms with Gasteiger partial charge in [0, 0.05) is 25.3 Å². The minimum atomic E-state index is 0.513. The standard InChI is InChI=1S/C14H25N3/c1-5-9-17(12(3)4)14-11-16-8-7-13(14)10-15-6-2/h7-8,11-12,15H,5-6,9-10H2,1-4H3. The molecule has 1 aromatic heterocycles. The third-order valence-corrected chi connectivity index (χ3v) is 2.85. The maximum absolute atomic E-state index is 4.27. The van der Waals surface area contributed by atoms with Crippen LogP contribution in [0.1, 0.15) is 39.7 Å². The third kappa shape index (κ3) is 4.00. The Labute approximate surface area is 105 Å². The van der Waals surface area contributed by atoms with Gasteiger partial charge in [0.1, 0.15) is 0 Å². The highest BCUT2D eigenvalue weighted by Gasteiger charge is 2.13. The van der Waals surface area contributed by atoms with Gasteiger partial charge >= 0.3 is 0 Å². The van der Waals surface area contributed by atoms with Gasteiger partial charge in [-0.05, 0) is 38.4 Å². The zero-order chi connectivity index (χ0) is 12.7. The van der Waals surface area contributed by atoms with Crippen molar-refractivity contribution in [3.05, 3.63) is 24.0 Å². The normalized spacial score (nSPS) is 10.9. The van der Waals surface area contributed by atoms with Crippen LogP contribution in [0.3, 0.4) is 0 Å². The van der Waals surface area contributed by atoms with Crippen LogP contribution in [0.5, 0.6) is 0 Å². The molecule has 0 aliphatic carbocycles. The summed E-state index contributed by atoms with van der Waals surface area (Å²) in [4.78, 5) is 6.70. The second-order valence-corrected chi connectivity index (χ2v) is 4.57. The van der Waals surface area contributed by atoms with Gasteiger partial charge < -0.3 is 10.2 Å². The molecule has 0 saturated heterocycles. The van der Waals surface area contributed by atoms with Gasteiger partial charge in [0.2, 0.25) is 0 Å². The Morgan fingerprint density at radius 1 is 1.35 bits per heavy atom. The quantitative estimate of drug-likeness (QED) is 0.787. The van der Waals surface area contributed by atoms with Crippen molar-refractivity contribution in [2.24, 2.45) is 0 Å². The summed E-state index contributed by atoms with van der Waals surface area (Å²) in [6, 6.07) is 2.63. The summed E-state index contributed by atoms with van der Waals surface area (Å²) < 4.78 is 0. The maximum Gasteiger partial charge on any atom is 0.0600 e. The molecule has 0 aliphatic heterocycles. The summed E-state index contributed by atoms with van der Waals surface area (Å²) in [6.07, 6.45) is 5.02. The summed E-state index contributed by atoms with van der Waals surface area (Å²) in [5.74, 6) is 0. The second-order valence-electron chi connectivity index (χ2n) is 4.57. The van der Waals surface area contributed by atoms with Crippen LogP contribution in [-0.2, 0) is 6.54 Å². The number of pyridine rings is 1. The predicted molar refractivity (Wildman–Crippen MR) is 74.4 cm³/mol. The molecule has 0 aliphatic rings. The topological polar surface area (TPSA) is 28.2 Å². The number of hydrogen-bond acceptors (Lipinski definition) is 3. The lowest BCUT2D eigenvalue weighted by Crippen LogP contribution is -2.33. The van der Waals surface area contributed by atoms with E-state index in [9.17, 15) is 0 Å². The first-order chi connectivity index (χ1) is 8.20.